The van der Waals surface area contributed by atoms with Gasteiger partial charge in [0.05, 0.1) is 9.82 Å². The predicted octanol–water partition coefficient (Wildman–Crippen LogP) is 2.37. The predicted molar refractivity (Wildman–Crippen MR) is 72.4 cm³/mol. The number of nitro groups is 1. The van der Waals surface area contributed by atoms with Gasteiger partial charge in [0, 0.05) is 12.6 Å². The first kappa shape index (κ1) is 16.5. The Bertz CT molecular complexity index is 616. The van der Waals surface area contributed by atoms with Gasteiger partial charge in [-0.05, 0) is 24.5 Å². The van der Waals surface area contributed by atoms with E-state index in [0.29, 0.717) is 0 Å². The lowest BCUT2D eigenvalue weighted by atomic mass is 10.1. The molecule has 0 aliphatic heterocycles. The van der Waals surface area contributed by atoms with Crippen molar-refractivity contribution in [3.8, 4) is 0 Å². The summed E-state index contributed by atoms with van der Waals surface area (Å²) in [4.78, 5) is 9.46. The Balaban J connectivity index is 3.18. The second-order valence-corrected chi connectivity index (χ2v) is 6.43. The summed E-state index contributed by atoms with van der Waals surface area (Å²) in [6.07, 6.45) is 0.797. The fourth-order valence-electron chi connectivity index (χ4n) is 1.55. The van der Waals surface area contributed by atoms with Crippen molar-refractivity contribution in [1.29, 1.82) is 0 Å². The van der Waals surface area contributed by atoms with E-state index in [4.69, 9.17) is 0 Å². The van der Waals surface area contributed by atoms with Gasteiger partial charge in [0.15, 0.2) is 0 Å². The molecule has 0 amide bonds. The highest BCUT2D eigenvalue weighted by molar-refractivity contribution is 7.89. The van der Waals surface area contributed by atoms with Gasteiger partial charge in [0.2, 0.25) is 15.8 Å². The molecule has 0 spiro atoms. The minimum Gasteiger partial charge on any atom is -0.258 e. The first-order valence-corrected chi connectivity index (χ1v) is 7.61. The summed E-state index contributed by atoms with van der Waals surface area (Å²) in [7, 11) is -3.89. The zero-order chi connectivity index (χ0) is 15.5. The molecule has 8 heteroatoms. The molecule has 0 bridgehead atoms. The molecule has 1 rings (SSSR count). The number of halogens is 1. The highest BCUT2D eigenvalue weighted by atomic mass is 32.2. The van der Waals surface area contributed by atoms with Crippen molar-refractivity contribution in [1.82, 2.24) is 4.72 Å². The molecule has 0 saturated heterocycles. The van der Waals surface area contributed by atoms with Gasteiger partial charge in [-0.1, -0.05) is 20.3 Å². The minimum atomic E-state index is -3.89. The Hall–Kier alpha value is -1.54. The van der Waals surface area contributed by atoms with E-state index in [2.05, 4.69) is 4.72 Å². The normalized spacial score (nSPS) is 13.2. The molecule has 6 nitrogen and oxygen atoms in total. The lowest BCUT2D eigenvalue weighted by molar-refractivity contribution is -0.387. The minimum absolute atomic E-state index is 0.129. The summed E-state index contributed by atoms with van der Waals surface area (Å²) in [5, 5.41) is 10.7. The number of hydrogen-bond acceptors (Lipinski definition) is 4. The van der Waals surface area contributed by atoms with Crippen LogP contribution in [-0.2, 0) is 10.0 Å². The topological polar surface area (TPSA) is 89.3 Å². The van der Waals surface area contributed by atoms with Crippen LogP contribution in [0.25, 0.3) is 0 Å². The highest BCUT2D eigenvalue weighted by Gasteiger charge is 2.24. The van der Waals surface area contributed by atoms with Crippen LogP contribution in [0.1, 0.15) is 25.8 Å². The Morgan fingerprint density at radius 2 is 2.05 bits per heavy atom. The van der Waals surface area contributed by atoms with Gasteiger partial charge >= 0.3 is 5.69 Å². The van der Waals surface area contributed by atoms with E-state index in [0.717, 1.165) is 18.6 Å². The molecule has 0 aromatic heterocycles. The summed E-state index contributed by atoms with van der Waals surface area (Å²) >= 11 is 0. The van der Waals surface area contributed by atoms with E-state index >= 15 is 0 Å². The second kappa shape index (κ2) is 6.27. The van der Waals surface area contributed by atoms with Crippen LogP contribution in [0.15, 0.2) is 17.0 Å². The Morgan fingerprint density at radius 1 is 1.45 bits per heavy atom. The highest BCUT2D eigenvalue weighted by Crippen LogP contribution is 2.25. The lowest BCUT2D eigenvalue weighted by Crippen LogP contribution is -2.29. The lowest BCUT2D eigenvalue weighted by Gasteiger charge is -2.12. The van der Waals surface area contributed by atoms with Gasteiger partial charge in [-0.2, -0.15) is 4.39 Å². The van der Waals surface area contributed by atoms with E-state index in [-0.39, 0.29) is 22.9 Å². The average Bonchev–Trinajstić information content (AvgIpc) is 2.35. The molecule has 0 heterocycles. The third kappa shape index (κ3) is 3.73. The number of nitrogens with one attached hydrogen (secondary N) is 1. The molecule has 0 fully saturated rings. The van der Waals surface area contributed by atoms with Crippen molar-refractivity contribution in [2.24, 2.45) is 5.92 Å². The molecule has 0 radical (unpaired) electrons. The summed E-state index contributed by atoms with van der Waals surface area (Å²) < 4.78 is 40.0. The molecule has 20 heavy (non-hydrogen) atoms. The Kier molecular flexibility index (Phi) is 5.18. The van der Waals surface area contributed by atoms with Crippen LogP contribution in [0.2, 0.25) is 0 Å². The molecular formula is C12H17FN2O4S. The molecule has 0 aliphatic carbocycles. The van der Waals surface area contributed by atoms with Crippen LogP contribution >= 0.6 is 0 Å². The number of hydrogen-bond donors (Lipinski definition) is 1. The first-order chi connectivity index (χ1) is 9.19. The third-order valence-corrected chi connectivity index (χ3v) is 4.61. The quantitative estimate of drug-likeness (QED) is 0.645. The molecule has 0 aliphatic rings. The SMILES string of the molecule is CCC(C)CNS(=O)(=O)c1cc([N+](=O)[O-])c(F)cc1C. The van der Waals surface area contributed by atoms with E-state index in [1.807, 2.05) is 13.8 Å². The zero-order valence-electron chi connectivity index (χ0n) is 11.5. The number of aryl methyl sites for hydroxylation is 1. The number of nitrogens with zero attached hydrogens (tertiary/aromatic N) is 1. The molecule has 1 aromatic rings. The maximum Gasteiger partial charge on any atom is 0.306 e. The number of sulfonamides is 1. The van der Waals surface area contributed by atoms with Crippen LogP contribution in [0.5, 0.6) is 0 Å². The summed E-state index contributed by atoms with van der Waals surface area (Å²) in [5.74, 6) is -0.908. The summed E-state index contributed by atoms with van der Waals surface area (Å²) in [5.41, 5.74) is -0.718. The van der Waals surface area contributed by atoms with Gasteiger partial charge < -0.3 is 0 Å². The van der Waals surface area contributed by atoms with Crippen LogP contribution in [0.3, 0.4) is 0 Å². The van der Waals surface area contributed by atoms with Crippen molar-refractivity contribution in [2.45, 2.75) is 32.1 Å². The number of nitro benzene ring substituents is 1. The van der Waals surface area contributed by atoms with Crippen LogP contribution in [-0.4, -0.2) is 19.9 Å². The van der Waals surface area contributed by atoms with E-state index in [1.54, 1.807) is 0 Å². The molecule has 1 aromatic carbocycles. The van der Waals surface area contributed by atoms with Gasteiger partial charge in [0.1, 0.15) is 0 Å². The maximum absolute atomic E-state index is 13.4. The van der Waals surface area contributed by atoms with Crippen LogP contribution in [0.4, 0.5) is 10.1 Å². The molecule has 1 N–H and O–H groups in total. The molecule has 1 unspecified atom stereocenters. The molecule has 1 atom stereocenters. The molecular weight excluding hydrogens is 287 g/mol. The number of benzene rings is 1. The van der Waals surface area contributed by atoms with E-state index < -0.39 is 26.5 Å². The zero-order valence-corrected chi connectivity index (χ0v) is 12.3. The fraction of sp³-hybridized carbons (Fsp3) is 0.500. The van der Waals surface area contributed by atoms with Crippen LogP contribution < -0.4 is 4.72 Å². The number of rotatable bonds is 6. The Morgan fingerprint density at radius 3 is 2.55 bits per heavy atom. The smallest absolute Gasteiger partial charge is 0.258 e. The van der Waals surface area contributed by atoms with Crippen molar-refractivity contribution in [3.63, 3.8) is 0 Å². The largest absolute Gasteiger partial charge is 0.306 e. The fourth-order valence-corrected chi connectivity index (χ4v) is 2.95. The molecule has 112 valence electrons. The molecule has 0 saturated carbocycles. The summed E-state index contributed by atoms with van der Waals surface area (Å²) in [6.45, 7) is 5.42. The van der Waals surface area contributed by atoms with Crippen molar-refractivity contribution >= 4 is 15.7 Å². The summed E-state index contributed by atoms with van der Waals surface area (Å²) in [6, 6.07) is 1.61. The standard InChI is InChI=1S/C12H17FN2O4S/c1-4-8(2)7-14-20(18,19)12-6-11(15(16)17)10(13)5-9(12)3/h5-6,8,14H,4,7H2,1-3H3. The van der Waals surface area contributed by atoms with Crippen molar-refractivity contribution < 1.29 is 17.7 Å². The van der Waals surface area contributed by atoms with Gasteiger partial charge in [-0.25, -0.2) is 13.1 Å². The van der Waals surface area contributed by atoms with E-state index in [9.17, 15) is 22.9 Å². The Labute approximate surface area is 117 Å². The third-order valence-electron chi connectivity index (χ3n) is 3.05. The average molecular weight is 304 g/mol. The van der Waals surface area contributed by atoms with Crippen LogP contribution in [0, 0.1) is 28.8 Å². The van der Waals surface area contributed by atoms with Gasteiger partial charge in [-0.3, -0.25) is 10.1 Å². The van der Waals surface area contributed by atoms with Gasteiger partial charge in [0.25, 0.3) is 0 Å². The second-order valence-electron chi connectivity index (χ2n) is 4.69. The van der Waals surface area contributed by atoms with Gasteiger partial charge in [-0.15, -0.1) is 0 Å². The van der Waals surface area contributed by atoms with E-state index in [1.165, 1.54) is 6.92 Å². The maximum atomic E-state index is 13.4. The van der Waals surface area contributed by atoms with Crippen molar-refractivity contribution in [3.05, 3.63) is 33.6 Å². The first-order valence-electron chi connectivity index (χ1n) is 6.13. The van der Waals surface area contributed by atoms with Crippen molar-refractivity contribution in [2.75, 3.05) is 6.54 Å². The monoisotopic (exact) mass is 304 g/mol.